The zero-order valence-electron chi connectivity index (χ0n) is 15.2. The standard InChI is InChI=1S/C20H18F3NO4/c1-13-3-9-17(27-2)16(11-13)24-18(25)12-28-19(26)10-6-14-4-7-15(8-5-14)20(21,22)23/h3-11H,12H2,1-2H3,(H,24,25)/b10-6+. The van der Waals surface area contributed by atoms with Crippen molar-refractivity contribution in [3.63, 3.8) is 0 Å². The van der Waals surface area contributed by atoms with Gasteiger partial charge in [-0.25, -0.2) is 4.79 Å². The van der Waals surface area contributed by atoms with Gasteiger partial charge in [0.2, 0.25) is 0 Å². The summed E-state index contributed by atoms with van der Waals surface area (Å²) < 4.78 is 47.5. The number of halogens is 3. The first-order valence-corrected chi connectivity index (χ1v) is 8.15. The van der Waals surface area contributed by atoms with Gasteiger partial charge >= 0.3 is 12.1 Å². The number of rotatable bonds is 6. The minimum Gasteiger partial charge on any atom is -0.495 e. The molecule has 1 N–H and O–H groups in total. The van der Waals surface area contributed by atoms with Gasteiger partial charge < -0.3 is 14.8 Å². The molecule has 0 bridgehead atoms. The molecule has 0 aromatic heterocycles. The Morgan fingerprint density at radius 2 is 1.79 bits per heavy atom. The molecular formula is C20H18F3NO4. The van der Waals surface area contributed by atoms with Crippen LogP contribution in [0.4, 0.5) is 18.9 Å². The van der Waals surface area contributed by atoms with Gasteiger partial charge in [0.25, 0.3) is 5.91 Å². The van der Waals surface area contributed by atoms with Crippen LogP contribution in [0.3, 0.4) is 0 Å². The van der Waals surface area contributed by atoms with Crippen LogP contribution >= 0.6 is 0 Å². The van der Waals surface area contributed by atoms with Gasteiger partial charge in [-0.05, 0) is 48.4 Å². The highest BCUT2D eigenvalue weighted by Crippen LogP contribution is 2.29. The summed E-state index contributed by atoms with van der Waals surface area (Å²) in [6, 6.07) is 9.50. The number of hydrogen-bond acceptors (Lipinski definition) is 4. The summed E-state index contributed by atoms with van der Waals surface area (Å²) in [4.78, 5) is 23.6. The zero-order chi connectivity index (χ0) is 20.7. The van der Waals surface area contributed by atoms with Crippen molar-refractivity contribution >= 4 is 23.6 Å². The molecule has 0 saturated carbocycles. The van der Waals surface area contributed by atoms with Crippen molar-refractivity contribution in [1.29, 1.82) is 0 Å². The fourth-order valence-corrected chi connectivity index (χ4v) is 2.24. The number of nitrogens with one attached hydrogen (secondary N) is 1. The molecule has 0 aliphatic heterocycles. The van der Waals surface area contributed by atoms with Crippen molar-refractivity contribution < 1.29 is 32.2 Å². The highest BCUT2D eigenvalue weighted by Gasteiger charge is 2.29. The molecule has 5 nitrogen and oxygen atoms in total. The largest absolute Gasteiger partial charge is 0.495 e. The number of ether oxygens (including phenoxy) is 2. The number of aryl methyl sites for hydroxylation is 1. The lowest BCUT2D eigenvalue weighted by Crippen LogP contribution is -2.20. The van der Waals surface area contributed by atoms with Gasteiger partial charge in [0.15, 0.2) is 6.61 Å². The quantitative estimate of drug-likeness (QED) is 0.590. The van der Waals surface area contributed by atoms with Crippen LogP contribution in [-0.2, 0) is 20.5 Å². The van der Waals surface area contributed by atoms with Crippen LogP contribution in [0.1, 0.15) is 16.7 Å². The summed E-state index contributed by atoms with van der Waals surface area (Å²) in [6.07, 6.45) is -2.10. The molecule has 0 saturated heterocycles. The second kappa shape index (κ2) is 9.07. The average molecular weight is 393 g/mol. The van der Waals surface area contributed by atoms with E-state index in [1.165, 1.54) is 25.3 Å². The van der Waals surface area contributed by atoms with Crippen molar-refractivity contribution in [3.8, 4) is 5.75 Å². The Bertz CT molecular complexity index is 874. The first-order valence-electron chi connectivity index (χ1n) is 8.15. The molecule has 0 aliphatic carbocycles. The third-order valence-corrected chi connectivity index (χ3v) is 3.62. The van der Waals surface area contributed by atoms with Crippen molar-refractivity contribution in [2.24, 2.45) is 0 Å². The molecule has 2 aromatic rings. The van der Waals surface area contributed by atoms with E-state index in [2.05, 4.69) is 5.32 Å². The van der Waals surface area contributed by atoms with Crippen molar-refractivity contribution in [2.45, 2.75) is 13.1 Å². The molecule has 1 amide bonds. The Morgan fingerprint density at radius 1 is 1.11 bits per heavy atom. The SMILES string of the molecule is COc1ccc(C)cc1NC(=O)COC(=O)/C=C/c1ccc(C(F)(F)F)cc1. The summed E-state index contributed by atoms with van der Waals surface area (Å²) in [5.41, 5.74) is 0.964. The molecular weight excluding hydrogens is 375 g/mol. The van der Waals surface area contributed by atoms with E-state index in [-0.39, 0.29) is 0 Å². The monoisotopic (exact) mass is 393 g/mol. The van der Waals surface area contributed by atoms with E-state index < -0.39 is 30.2 Å². The maximum Gasteiger partial charge on any atom is 0.416 e. The summed E-state index contributed by atoms with van der Waals surface area (Å²) in [5, 5.41) is 2.58. The minimum absolute atomic E-state index is 0.388. The number of methoxy groups -OCH3 is 1. The molecule has 0 spiro atoms. The summed E-state index contributed by atoms with van der Waals surface area (Å²) in [5.74, 6) is -0.890. The Morgan fingerprint density at radius 3 is 2.39 bits per heavy atom. The van der Waals surface area contributed by atoms with Gasteiger partial charge in [-0.15, -0.1) is 0 Å². The maximum absolute atomic E-state index is 12.5. The predicted octanol–water partition coefficient (Wildman–Crippen LogP) is 4.22. The molecule has 0 unspecified atom stereocenters. The number of hydrogen-bond donors (Lipinski definition) is 1. The van der Waals surface area contributed by atoms with Crippen LogP contribution in [0.25, 0.3) is 6.08 Å². The van der Waals surface area contributed by atoms with Crippen molar-refractivity contribution in [1.82, 2.24) is 0 Å². The molecule has 0 fully saturated rings. The lowest BCUT2D eigenvalue weighted by atomic mass is 10.1. The number of benzene rings is 2. The van der Waals surface area contributed by atoms with E-state index in [0.29, 0.717) is 17.0 Å². The molecule has 0 atom stereocenters. The highest BCUT2D eigenvalue weighted by atomic mass is 19.4. The van der Waals surface area contributed by atoms with E-state index in [4.69, 9.17) is 9.47 Å². The molecule has 2 aromatic carbocycles. The van der Waals surface area contributed by atoms with Gasteiger partial charge in [0.1, 0.15) is 5.75 Å². The van der Waals surface area contributed by atoms with E-state index in [0.717, 1.165) is 23.8 Å². The predicted molar refractivity (Wildman–Crippen MR) is 97.8 cm³/mol. The molecule has 0 radical (unpaired) electrons. The van der Waals surface area contributed by atoms with Crippen LogP contribution in [0.15, 0.2) is 48.5 Å². The van der Waals surface area contributed by atoms with Crippen LogP contribution in [0, 0.1) is 6.92 Å². The number of esters is 1. The molecule has 2 rings (SSSR count). The number of carbonyl (C=O) groups excluding carboxylic acids is 2. The van der Waals surface area contributed by atoms with Crippen molar-refractivity contribution in [3.05, 3.63) is 65.2 Å². The van der Waals surface area contributed by atoms with Gasteiger partial charge in [-0.3, -0.25) is 4.79 Å². The molecule has 8 heteroatoms. The van der Waals surface area contributed by atoms with Gasteiger partial charge in [-0.2, -0.15) is 13.2 Å². The van der Waals surface area contributed by atoms with Crippen molar-refractivity contribution in [2.75, 3.05) is 19.0 Å². The minimum atomic E-state index is -4.42. The van der Waals surface area contributed by atoms with E-state index in [9.17, 15) is 22.8 Å². The molecule has 28 heavy (non-hydrogen) atoms. The van der Waals surface area contributed by atoms with E-state index >= 15 is 0 Å². The smallest absolute Gasteiger partial charge is 0.416 e. The number of alkyl halides is 3. The fourth-order valence-electron chi connectivity index (χ4n) is 2.24. The van der Waals surface area contributed by atoms with E-state index in [1.54, 1.807) is 12.1 Å². The Balaban J connectivity index is 1.87. The van der Waals surface area contributed by atoms with Crippen LogP contribution in [0.2, 0.25) is 0 Å². The van der Waals surface area contributed by atoms with Gasteiger partial charge in [0, 0.05) is 6.08 Å². The second-order valence-corrected chi connectivity index (χ2v) is 5.81. The maximum atomic E-state index is 12.5. The fraction of sp³-hybridized carbons (Fsp3) is 0.200. The molecule has 0 aliphatic rings. The normalized spacial score (nSPS) is 11.3. The topological polar surface area (TPSA) is 64.6 Å². The summed E-state index contributed by atoms with van der Waals surface area (Å²) >= 11 is 0. The van der Waals surface area contributed by atoms with E-state index in [1.807, 2.05) is 13.0 Å². The third kappa shape index (κ3) is 6.15. The highest BCUT2D eigenvalue weighted by molar-refractivity contribution is 5.95. The lowest BCUT2D eigenvalue weighted by Gasteiger charge is -2.10. The van der Waals surface area contributed by atoms with Gasteiger partial charge in [0.05, 0.1) is 18.4 Å². The molecule has 0 heterocycles. The zero-order valence-corrected chi connectivity index (χ0v) is 15.2. The lowest BCUT2D eigenvalue weighted by molar-refractivity contribution is -0.142. The summed E-state index contributed by atoms with van der Waals surface area (Å²) in [7, 11) is 1.46. The number of carbonyl (C=O) groups is 2. The van der Waals surface area contributed by atoms with Gasteiger partial charge in [-0.1, -0.05) is 18.2 Å². The molecule has 148 valence electrons. The number of amides is 1. The first-order chi connectivity index (χ1) is 13.2. The van der Waals surface area contributed by atoms with Crippen LogP contribution in [-0.4, -0.2) is 25.6 Å². The second-order valence-electron chi connectivity index (χ2n) is 5.81. The van der Waals surface area contributed by atoms with Crippen LogP contribution in [0.5, 0.6) is 5.75 Å². The summed E-state index contributed by atoms with van der Waals surface area (Å²) in [6.45, 7) is 1.33. The number of anilines is 1. The third-order valence-electron chi connectivity index (χ3n) is 3.62. The Labute approximate surface area is 159 Å². The average Bonchev–Trinajstić information content (AvgIpc) is 2.64. The van der Waals surface area contributed by atoms with Crippen LogP contribution < -0.4 is 10.1 Å². The Hall–Kier alpha value is -3.29. The first kappa shape index (κ1) is 21.0. The Kier molecular flexibility index (Phi) is 6.81.